The van der Waals surface area contributed by atoms with E-state index in [0.717, 1.165) is 36.5 Å². The molecular weight excluding hydrogens is 216 g/mol. The summed E-state index contributed by atoms with van der Waals surface area (Å²) in [6.45, 7) is 4.92. The minimum atomic E-state index is 0.651. The maximum absolute atomic E-state index is 5.95. The molecule has 0 heterocycles. The van der Waals surface area contributed by atoms with Gasteiger partial charge in [-0.05, 0) is 25.0 Å². The molecule has 1 aromatic carbocycles. The van der Waals surface area contributed by atoms with E-state index in [-0.39, 0.29) is 0 Å². The van der Waals surface area contributed by atoms with E-state index in [0.29, 0.717) is 13.2 Å². The zero-order chi connectivity index (χ0) is 12.5. The number of nitrogens with one attached hydrogen (secondary N) is 1. The molecule has 0 radical (unpaired) electrons. The van der Waals surface area contributed by atoms with Gasteiger partial charge >= 0.3 is 0 Å². The molecule has 4 nitrogen and oxygen atoms in total. The number of ether oxygens (including phenoxy) is 2. The molecule has 3 N–H and O–H groups in total. The Hall–Kier alpha value is -1.26. The molecular formula is C13H22N2O2. The van der Waals surface area contributed by atoms with E-state index in [2.05, 4.69) is 5.32 Å². The second kappa shape index (κ2) is 7.92. The SMILES string of the molecule is COCCOCCCNc1cccc(C)c1N. The molecule has 0 saturated carbocycles. The van der Waals surface area contributed by atoms with E-state index in [4.69, 9.17) is 15.2 Å². The molecule has 0 spiro atoms. The molecule has 1 aromatic rings. The molecule has 0 unspecified atom stereocenters. The fourth-order valence-electron chi connectivity index (χ4n) is 1.48. The van der Waals surface area contributed by atoms with E-state index in [1.807, 2.05) is 25.1 Å². The number of hydrogen-bond donors (Lipinski definition) is 2. The first-order chi connectivity index (χ1) is 8.25. The Bertz CT molecular complexity index is 329. The summed E-state index contributed by atoms with van der Waals surface area (Å²) < 4.78 is 10.3. The van der Waals surface area contributed by atoms with Crippen LogP contribution in [0.15, 0.2) is 18.2 Å². The molecule has 0 atom stereocenters. The number of anilines is 2. The Morgan fingerprint density at radius 3 is 2.82 bits per heavy atom. The van der Waals surface area contributed by atoms with Crippen molar-refractivity contribution in [1.29, 1.82) is 0 Å². The van der Waals surface area contributed by atoms with Gasteiger partial charge in [0.15, 0.2) is 0 Å². The standard InChI is InChI=1S/C13H22N2O2/c1-11-5-3-6-12(13(11)14)15-7-4-8-17-10-9-16-2/h3,5-6,15H,4,7-10,14H2,1-2H3. The number of nitrogens with two attached hydrogens (primary N) is 1. The minimum absolute atomic E-state index is 0.651. The molecule has 0 aliphatic heterocycles. The van der Waals surface area contributed by atoms with Gasteiger partial charge in [0.1, 0.15) is 0 Å². The van der Waals surface area contributed by atoms with E-state index in [9.17, 15) is 0 Å². The molecule has 0 aliphatic rings. The molecule has 4 heteroatoms. The Balaban J connectivity index is 2.16. The molecule has 0 amide bonds. The number of methoxy groups -OCH3 is 1. The normalized spacial score (nSPS) is 10.5. The van der Waals surface area contributed by atoms with Crippen LogP contribution in [0.25, 0.3) is 0 Å². The average molecular weight is 238 g/mol. The van der Waals surface area contributed by atoms with Crippen molar-refractivity contribution in [2.45, 2.75) is 13.3 Å². The minimum Gasteiger partial charge on any atom is -0.397 e. The van der Waals surface area contributed by atoms with Gasteiger partial charge < -0.3 is 20.5 Å². The fraction of sp³-hybridized carbons (Fsp3) is 0.538. The van der Waals surface area contributed by atoms with Crippen molar-refractivity contribution >= 4 is 11.4 Å². The second-order valence-corrected chi connectivity index (χ2v) is 3.92. The number of para-hydroxylation sites is 1. The molecule has 96 valence electrons. The highest BCUT2D eigenvalue weighted by Crippen LogP contribution is 2.21. The highest BCUT2D eigenvalue weighted by atomic mass is 16.5. The molecule has 0 bridgehead atoms. The largest absolute Gasteiger partial charge is 0.397 e. The van der Waals surface area contributed by atoms with Crippen LogP contribution in [0.2, 0.25) is 0 Å². The maximum Gasteiger partial charge on any atom is 0.0700 e. The van der Waals surface area contributed by atoms with Gasteiger partial charge in [-0.2, -0.15) is 0 Å². The number of hydrogen-bond acceptors (Lipinski definition) is 4. The number of rotatable bonds is 8. The fourth-order valence-corrected chi connectivity index (χ4v) is 1.48. The zero-order valence-electron chi connectivity index (χ0n) is 10.7. The first-order valence-electron chi connectivity index (χ1n) is 5.91. The van der Waals surface area contributed by atoms with Crippen LogP contribution in [0.5, 0.6) is 0 Å². The van der Waals surface area contributed by atoms with E-state index in [1.54, 1.807) is 7.11 Å². The molecule has 0 fully saturated rings. The van der Waals surface area contributed by atoms with Gasteiger partial charge in [-0.25, -0.2) is 0 Å². The van der Waals surface area contributed by atoms with E-state index >= 15 is 0 Å². The topological polar surface area (TPSA) is 56.5 Å². The number of benzene rings is 1. The van der Waals surface area contributed by atoms with Crippen LogP contribution in [0.1, 0.15) is 12.0 Å². The summed E-state index contributed by atoms with van der Waals surface area (Å²) in [6, 6.07) is 6.01. The van der Waals surface area contributed by atoms with Crippen molar-refractivity contribution in [3.8, 4) is 0 Å². The Labute approximate surface area is 103 Å². The second-order valence-electron chi connectivity index (χ2n) is 3.92. The van der Waals surface area contributed by atoms with Crippen molar-refractivity contribution in [3.63, 3.8) is 0 Å². The van der Waals surface area contributed by atoms with Gasteiger partial charge in [0.25, 0.3) is 0 Å². The summed E-state index contributed by atoms with van der Waals surface area (Å²) in [4.78, 5) is 0. The third-order valence-corrected chi connectivity index (χ3v) is 2.54. The van der Waals surface area contributed by atoms with Crippen molar-refractivity contribution in [1.82, 2.24) is 0 Å². The Kier molecular flexibility index (Phi) is 6.43. The first kappa shape index (κ1) is 13.8. The van der Waals surface area contributed by atoms with Gasteiger partial charge in [0, 0.05) is 20.3 Å². The monoisotopic (exact) mass is 238 g/mol. The summed E-state index contributed by atoms with van der Waals surface area (Å²) in [6.07, 6.45) is 0.955. The Morgan fingerprint density at radius 1 is 1.24 bits per heavy atom. The third-order valence-electron chi connectivity index (χ3n) is 2.54. The highest BCUT2D eigenvalue weighted by molar-refractivity contribution is 5.69. The molecule has 0 saturated heterocycles. The summed E-state index contributed by atoms with van der Waals surface area (Å²) in [5.41, 5.74) is 8.88. The average Bonchev–Trinajstić information content (AvgIpc) is 2.33. The lowest BCUT2D eigenvalue weighted by Gasteiger charge is -2.11. The maximum atomic E-state index is 5.95. The molecule has 0 aliphatic carbocycles. The van der Waals surface area contributed by atoms with Crippen molar-refractivity contribution < 1.29 is 9.47 Å². The highest BCUT2D eigenvalue weighted by Gasteiger charge is 1.99. The van der Waals surface area contributed by atoms with Crippen molar-refractivity contribution in [2.24, 2.45) is 0 Å². The van der Waals surface area contributed by atoms with Crippen LogP contribution in [0, 0.1) is 6.92 Å². The lowest BCUT2D eigenvalue weighted by atomic mass is 10.2. The van der Waals surface area contributed by atoms with Crippen LogP contribution < -0.4 is 11.1 Å². The van der Waals surface area contributed by atoms with E-state index < -0.39 is 0 Å². The Morgan fingerprint density at radius 2 is 2.06 bits per heavy atom. The number of nitrogen functional groups attached to an aromatic ring is 1. The van der Waals surface area contributed by atoms with Crippen LogP contribution in [-0.4, -0.2) is 33.5 Å². The van der Waals surface area contributed by atoms with Crippen molar-refractivity contribution in [3.05, 3.63) is 23.8 Å². The molecule has 17 heavy (non-hydrogen) atoms. The van der Waals surface area contributed by atoms with Crippen LogP contribution >= 0.6 is 0 Å². The quantitative estimate of drug-likeness (QED) is 0.537. The third kappa shape index (κ3) is 5.06. The predicted molar refractivity (Wildman–Crippen MR) is 71.4 cm³/mol. The predicted octanol–water partition coefficient (Wildman–Crippen LogP) is 2.04. The smallest absolute Gasteiger partial charge is 0.0700 e. The van der Waals surface area contributed by atoms with Gasteiger partial charge in [-0.15, -0.1) is 0 Å². The van der Waals surface area contributed by atoms with Crippen LogP contribution in [-0.2, 0) is 9.47 Å². The lowest BCUT2D eigenvalue weighted by molar-refractivity contribution is 0.0705. The van der Waals surface area contributed by atoms with Crippen LogP contribution in [0.4, 0.5) is 11.4 Å². The number of aryl methyl sites for hydroxylation is 1. The van der Waals surface area contributed by atoms with E-state index in [1.165, 1.54) is 0 Å². The van der Waals surface area contributed by atoms with Crippen LogP contribution in [0.3, 0.4) is 0 Å². The van der Waals surface area contributed by atoms with Gasteiger partial charge in [0.05, 0.1) is 24.6 Å². The zero-order valence-corrected chi connectivity index (χ0v) is 10.7. The van der Waals surface area contributed by atoms with Gasteiger partial charge in [-0.1, -0.05) is 12.1 Å². The lowest BCUT2D eigenvalue weighted by Crippen LogP contribution is -2.09. The summed E-state index contributed by atoms with van der Waals surface area (Å²) in [5, 5.41) is 3.31. The van der Waals surface area contributed by atoms with Gasteiger partial charge in [0.2, 0.25) is 0 Å². The van der Waals surface area contributed by atoms with Crippen molar-refractivity contribution in [2.75, 3.05) is 44.5 Å². The summed E-state index contributed by atoms with van der Waals surface area (Å²) in [5.74, 6) is 0. The summed E-state index contributed by atoms with van der Waals surface area (Å²) in [7, 11) is 1.67. The molecule has 1 rings (SSSR count). The molecule has 0 aromatic heterocycles. The van der Waals surface area contributed by atoms with Gasteiger partial charge in [-0.3, -0.25) is 0 Å². The first-order valence-corrected chi connectivity index (χ1v) is 5.91. The summed E-state index contributed by atoms with van der Waals surface area (Å²) >= 11 is 0.